The topological polar surface area (TPSA) is 55.4 Å². The monoisotopic (exact) mass is 1090 g/mol. The van der Waals surface area contributed by atoms with E-state index < -0.39 is 156 Å². The van der Waals surface area contributed by atoms with Gasteiger partial charge in [0.25, 0.3) is 0 Å². The van der Waals surface area contributed by atoms with Crippen molar-refractivity contribution in [1.82, 2.24) is 0 Å². The predicted molar refractivity (Wildman–Crippen MR) is 193 cm³/mol. The number of alkyl halides is 24. The summed E-state index contributed by atoms with van der Waals surface area (Å²) in [5, 5.41) is 0. The molecule has 394 valence electrons. The molecule has 0 saturated heterocycles. The van der Waals surface area contributed by atoms with Crippen molar-refractivity contribution < 1.29 is 133 Å². The second kappa shape index (κ2) is 20.3. The van der Waals surface area contributed by atoms with Crippen LogP contribution >= 0.6 is 0 Å². The maximum atomic E-state index is 16.1. The molecule has 4 unspecified atom stereocenters. The van der Waals surface area contributed by atoms with E-state index >= 15 is 35.1 Å². The zero-order chi connectivity index (χ0) is 53.3. The highest BCUT2D eigenvalue weighted by atomic mass is 28.4. The zero-order valence-electron chi connectivity index (χ0n) is 35.7. The molecule has 0 N–H and O–H groups in total. The first-order chi connectivity index (χ1) is 28.5. The van der Waals surface area contributed by atoms with Gasteiger partial charge < -0.3 is 8.54 Å². The van der Waals surface area contributed by atoms with Crippen LogP contribution in [0.3, 0.4) is 0 Å². The van der Waals surface area contributed by atoms with Crippen LogP contribution < -0.4 is 0 Å². The Morgan fingerprint density at radius 2 is 0.894 bits per heavy atom. The molecule has 0 aliphatic carbocycles. The van der Waals surface area contributed by atoms with Crippen LogP contribution in [0, 0.1) is 0 Å². The van der Waals surface area contributed by atoms with E-state index in [0.717, 1.165) is 0 Å². The molecule has 66 heavy (non-hydrogen) atoms. The first-order valence-corrected chi connectivity index (χ1v) is 30.0. The number of hydrogen-bond acceptors (Lipinski definition) is 6. The molecule has 0 spiro atoms. The van der Waals surface area contributed by atoms with Crippen molar-refractivity contribution in [2.24, 2.45) is 0 Å². The van der Waals surface area contributed by atoms with Crippen molar-refractivity contribution in [2.45, 2.75) is 175 Å². The van der Waals surface area contributed by atoms with Crippen molar-refractivity contribution in [1.29, 1.82) is 0 Å². The fourth-order valence-electron chi connectivity index (χ4n) is 5.33. The van der Waals surface area contributed by atoms with Gasteiger partial charge >= 0.3 is 74.5 Å². The summed E-state index contributed by atoms with van der Waals surface area (Å²) in [6, 6.07) is -4.66. The first kappa shape index (κ1) is 64.4. The summed E-state index contributed by atoms with van der Waals surface area (Å²) < 4.78 is 364. The van der Waals surface area contributed by atoms with Crippen LogP contribution in [0.1, 0.15) is 46.0 Å². The van der Waals surface area contributed by atoms with Crippen LogP contribution in [0.15, 0.2) is 24.6 Å². The van der Waals surface area contributed by atoms with Gasteiger partial charge in [0.05, 0.1) is 8.07 Å². The minimum atomic E-state index is -9.02. The lowest BCUT2D eigenvalue weighted by Gasteiger charge is -2.42. The number of ether oxygens (including phenoxy) is 4. The average molecular weight is 1100 g/mol. The lowest BCUT2D eigenvalue weighted by molar-refractivity contribution is -0.546. The van der Waals surface area contributed by atoms with E-state index in [2.05, 4.69) is 36.5 Å². The lowest BCUT2D eigenvalue weighted by atomic mass is 10.1. The largest absolute Gasteiger partial charge is 0.513 e. The van der Waals surface area contributed by atoms with Gasteiger partial charge in [0.2, 0.25) is 5.85 Å². The molecule has 0 aromatic rings. The molecular formula is C32H46F24O6Si4. The Bertz CT molecular complexity index is 1600. The van der Waals surface area contributed by atoms with Gasteiger partial charge in [0, 0.05) is 26.2 Å². The Labute approximate surface area is 365 Å². The molecule has 0 aliphatic rings. The third-order valence-electron chi connectivity index (χ3n) is 9.29. The molecule has 0 amide bonds. The van der Waals surface area contributed by atoms with Crippen molar-refractivity contribution in [3.05, 3.63) is 24.6 Å². The van der Waals surface area contributed by atoms with E-state index in [-0.39, 0.29) is 13.0 Å². The van der Waals surface area contributed by atoms with Gasteiger partial charge in [-0.05, 0) is 51.6 Å². The normalized spacial score (nSPS) is 18.8. The third-order valence-corrected chi connectivity index (χ3v) is 22.2. The quantitative estimate of drug-likeness (QED) is 0.0464. The number of rotatable bonds is 27. The Morgan fingerprint density at radius 1 is 0.455 bits per heavy atom. The molecule has 0 aromatic heterocycles. The van der Waals surface area contributed by atoms with E-state index in [4.69, 9.17) is 4.12 Å². The standard InChI is InChI=1S/C32H46F24O6Si4/c1-11-63(5,6)18-14-13-15-24(36,27(42,43)59-23(35,25(37,38)39)17-20-66(31(51,52)53,32(54,55)56)61-30(48,49)50)60-29(46,47)28(44,45)58-22(4,34)26(40,41)57-21(3,33)16-19-65(9,10)62-64(7,8)12-2/h11-12H,1-2,13-20H2,3-10H3. The highest BCUT2D eigenvalue weighted by molar-refractivity contribution is 6.87. The van der Waals surface area contributed by atoms with Crippen LogP contribution in [-0.4, -0.2) is 105 Å². The molecule has 0 radical (unpaired) electrons. The van der Waals surface area contributed by atoms with E-state index in [9.17, 15) is 70.2 Å². The van der Waals surface area contributed by atoms with Crippen molar-refractivity contribution in [2.75, 3.05) is 0 Å². The molecule has 0 aromatic carbocycles. The molecule has 0 saturated carbocycles. The van der Waals surface area contributed by atoms with Crippen LogP contribution in [0.5, 0.6) is 0 Å². The van der Waals surface area contributed by atoms with Gasteiger partial charge in [0.15, 0.2) is 16.6 Å². The summed E-state index contributed by atoms with van der Waals surface area (Å²) in [4.78, 5) is 0. The highest BCUT2D eigenvalue weighted by Crippen LogP contribution is 2.56. The molecule has 0 fully saturated rings. The summed E-state index contributed by atoms with van der Waals surface area (Å²) in [5.41, 5.74) is 2.67. The Hall–Kier alpha value is -1.57. The maximum Gasteiger partial charge on any atom is 0.513 e. The van der Waals surface area contributed by atoms with E-state index in [1.165, 1.54) is 37.6 Å². The Morgan fingerprint density at radius 3 is 1.29 bits per heavy atom. The summed E-state index contributed by atoms with van der Waals surface area (Å²) in [6.45, 7) is 15.1. The smallest absolute Gasteiger partial charge is 0.453 e. The number of halogens is 24. The van der Waals surface area contributed by atoms with Gasteiger partial charge in [-0.25, -0.2) is 17.6 Å². The number of unbranched alkanes of at least 4 members (excludes halogenated alkanes) is 1. The molecule has 0 rings (SSSR count). The summed E-state index contributed by atoms with van der Waals surface area (Å²) in [6.07, 6.45) is -52.8. The van der Waals surface area contributed by atoms with E-state index in [1.807, 2.05) is 0 Å². The molecule has 6 nitrogen and oxygen atoms in total. The minimum absolute atomic E-state index is 0.162. The Kier molecular flexibility index (Phi) is 19.8. The SMILES string of the molecule is C=C[Si](C)(C)CCCCC(F)(OC(F)(F)C(F)(F)OC(C)(F)C(F)(F)OC(C)(F)CC[Si](C)(C)O[Si](C)(C)C=C)C(F)(F)OC(F)(CC[Si](OC(F)(F)F)(C(F)(F)F)C(F)(F)F)C(F)(F)F. The van der Waals surface area contributed by atoms with Crippen LogP contribution in [0.25, 0.3) is 0 Å². The summed E-state index contributed by atoms with van der Waals surface area (Å²) >= 11 is 0. The number of hydrogen-bond donors (Lipinski definition) is 0. The average Bonchev–Trinajstić information content (AvgIpc) is 3.04. The molecule has 4 atom stereocenters. The summed E-state index contributed by atoms with van der Waals surface area (Å²) in [7, 11) is -17.4. The predicted octanol–water partition coefficient (Wildman–Crippen LogP) is 14.9. The fraction of sp³-hybridized carbons (Fsp3) is 0.875. The molecule has 0 heterocycles. The molecule has 0 aliphatic heterocycles. The second-order valence-corrected chi connectivity index (χ2v) is 33.7. The highest BCUT2D eigenvalue weighted by Gasteiger charge is 2.81. The van der Waals surface area contributed by atoms with Gasteiger partial charge in [-0.1, -0.05) is 31.3 Å². The lowest BCUT2D eigenvalue weighted by Crippen LogP contribution is -2.67. The van der Waals surface area contributed by atoms with Gasteiger partial charge in [-0.15, -0.1) is 32.0 Å². The van der Waals surface area contributed by atoms with Crippen LogP contribution in [0.2, 0.25) is 57.4 Å². The molecule has 0 bridgehead atoms. The third kappa shape index (κ3) is 17.1. The van der Waals surface area contributed by atoms with Gasteiger partial charge in [-0.2, -0.15) is 74.6 Å². The Balaban J connectivity index is 7.26. The van der Waals surface area contributed by atoms with Crippen molar-refractivity contribution >= 4 is 33.0 Å². The minimum Gasteiger partial charge on any atom is -0.453 e. The molecule has 34 heteroatoms. The maximum absolute atomic E-state index is 16.1. The first-order valence-electron chi connectivity index (χ1n) is 18.5. The van der Waals surface area contributed by atoms with Crippen LogP contribution in [-0.2, 0) is 27.5 Å². The molecular weight excluding hydrogens is 1050 g/mol. The second-order valence-electron chi connectivity index (χ2n) is 16.9. The van der Waals surface area contributed by atoms with Crippen LogP contribution in [0.4, 0.5) is 105 Å². The van der Waals surface area contributed by atoms with Gasteiger partial charge in [0.1, 0.15) is 0 Å². The summed E-state index contributed by atoms with van der Waals surface area (Å²) in [5.74, 6) is -37.9. The zero-order valence-corrected chi connectivity index (χ0v) is 39.7. The van der Waals surface area contributed by atoms with Crippen molar-refractivity contribution in [3.8, 4) is 0 Å². The van der Waals surface area contributed by atoms with E-state index in [1.54, 1.807) is 13.1 Å². The van der Waals surface area contributed by atoms with Crippen molar-refractivity contribution in [3.63, 3.8) is 0 Å². The van der Waals surface area contributed by atoms with E-state index in [0.29, 0.717) is 0 Å². The van der Waals surface area contributed by atoms with Gasteiger partial charge in [-0.3, -0.25) is 18.9 Å². The fourth-order valence-corrected chi connectivity index (χ4v) is 16.5.